The van der Waals surface area contributed by atoms with E-state index in [-0.39, 0.29) is 11.7 Å². The minimum atomic E-state index is -0.272. The predicted octanol–water partition coefficient (Wildman–Crippen LogP) is 3.99. The van der Waals surface area contributed by atoms with E-state index >= 15 is 0 Å². The number of piperidine rings is 1. The van der Waals surface area contributed by atoms with Gasteiger partial charge in [-0.2, -0.15) is 0 Å². The Kier molecular flexibility index (Phi) is 6.90. The highest BCUT2D eigenvalue weighted by atomic mass is 19.1. The first kappa shape index (κ1) is 22.6. The van der Waals surface area contributed by atoms with Crippen LogP contribution in [0.5, 0.6) is 0 Å². The molecule has 1 amide bonds. The average Bonchev–Trinajstić information content (AvgIpc) is 3.35. The van der Waals surface area contributed by atoms with Gasteiger partial charge in [-0.15, -0.1) is 0 Å². The molecule has 2 fully saturated rings. The van der Waals surface area contributed by atoms with E-state index in [9.17, 15) is 9.18 Å². The molecule has 0 bridgehead atoms. The van der Waals surface area contributed by atoms with Crippen molar-refractivity contribution in [1.82, 2.24) is 15.4 Å². The molecule has 2 atom stereocenters. The zero-order chi connectivity index (χ0) is 23.3. The SMILES string of the molecule is O=C(C[C@@H]1CCNC[C@@H]1Cc1cc(-c2ccc(F)cc2)on1)N1CCN(c2ccccc2)CC1. The molecule has 0 spiro atoms. The van der Waals surface area contributed by atoms with Crippen LogP contribution in [0, 0.1) is 17.7 Å². The number of amides is 1. The maximum absolute atomic E-state index is 13.2. The molecule has 1 aromatic heterocycles. The van der Waals surface area contributed by atoms with Gasteiger partial charge in [-0.3, -0.25) is 4.79 Å². The topological polar surface area (TPSA) is 61.6 Å². The number of aromatic nitrogens is 1. The van der Waals surface area contributed by atoms with E-state index in [0.717, 1.165) is 63.4 Å². The molecular weight excluding hydrogens is 431 g/mol. The molecular formula is C27H31FN4O2. The number of halogens is 1. The monoisotopic (exact) mass is 462 g/mol. The molecule has 5 rings (SSSR count). The Balaban J connectivity index is 1.17. The van der Waals surface area contributed by atoms with E-state index in [1.165, 1.54) is 17.8 Å². The van der Waals surface area contributed by atoms with Crippen LogP contribution in [0.1, 0.15) is 18.5 Å². The average molecular weight is 463 g/mol. The number of nitrogens with zero attached hydrogens (tertiary/aromatic N) is 3. The number of nitrogens with one attached hydrogen (secondary N) is 1. The second-order valence-electron chi connectivity index (χ2n) is 9.31. The first-order valence-electron chi connectivity index (χ1n) is 12.2. The van der Waals surface area contributed by atoms with Gasteiger partial charge in [0.25, 0.3) is 0 Å². The third-order valence-electron chi connectivity index (χ3n) is 7.11. The van der Waals surface area contributed by atoms with Crippen molar-refractivity contribution in [2.45, 2.75) is 19.3 Å². The molecule has 7 heteroatoms. The Morgan fingerprint density at radius 1 is 1.03 bits per heavy atom. The maximum Gasteiger partial charge on any atom is 0.222 e. The van der Waals surface area contributed by atoms with Gasteiger partial charge in [-0.05, 0) is 74.2 Å². The van der Waals surface area contributed by atoms with Gasteiger partial charge in [0, 0.05) is 49.9 Å². The van der Waals surface area contributed by atoms with Gasteiger partial charge < -0.3 is 19.6 Å². The van der Waals surface area contributed by atoms with E-state index in [4.69, 9.17) is 4.52 Å². The van der Waals surface area contributed by atoms with Crippen molar-refractivity contribution in [2.24, 2.45) is 11.8 Å². The lowest BCUT2D eigenvalue weighted by Crippen LogP contribution is -2.50. The van der Waals surface area contributed by atoms with E-state index in [1.54, 1.807) is 12.1 Å². The molecule has 2 aromatic carbocycles. The lowest BCUT2D eigenvalue weighted by atomic mass is 9.81. The number of carbonyl (C=O) groups excluding carboxylic acids is 1. The van der Waals surface area contributed by atoms with Crippen LogP contribution in [0.25, 0.3) is 11.3 Å². The van der Waals surface area contributed by atoms with Gasteiger partial charge in [0.1, 0.15) is 5.82 Å². The molecule has 2 aliphatic heterocycles. The summed E-state index contributed by atoms with van der Waals surface area (Å²) in [6.07, 6.45) is 2.33. The highest BCUT2D eigenvalue weighted by Crippen LogP contribution is 2.29. The summed E-state index contributed by atoms with van der Waals surface area (Å²) < 4.78 is 18.7. The number of hydrogen-bond acceptors (Lipinski definition) is 5. The third-order valence-corrected chi connectivity index (χ3v) is 7.11. The lowest BCUT2D eigenvalue weighted by Gasteiger charge is -2.38. The summed E-state index contributed by atoms with van der Waals surface area (Å²) in [6.45, 7) is 5.10. The summed E-state index contributed by atoms with van der Waals surface area (Å²) in [5.74, 6) is 1.28. The summed E-state index contributed by atoms with van der Waals surface area (Å²) in [6, 6.07) is 18.6. The van der Waals surface area contributed by atoms with Crippen LogP contribution >= 0.6 is 0 Å². The molecule has 3 aromatic rings. The fourth-order valence-corrected chi connectivity index (χ4v) is 5.12. The van der Waals surface area contributed by atoms with Crippen LogP contribution in [-0.2, 0) is 11.2 Å². The molecule has 0 aliphatic carbocycles. The normalized spacial score (nSPS) is 21.0. The Hall–Kier alpha value is -3.19. The molecule has 6 nitrogen and oxygen atoms in total. The largest absolute Gasteiger partial charge is 0.368 e. The highest BCUT2D eigenvalue weighted by Gasteiger charge is 2.30. The minimum Gasteiger partial charge on any atom is -0.368 e. The summed E-state index contributed by atoms with van der Waals surface area (Å²) in [5.41, 5.74) is 2.91. The van der Waals surface area contributed by atoms with Crippen molar-refractivity contribution in [3.8, 4) is 11.3 Å². The number of hydrogen-bond donors (Lipinski definition) is 1. The van der Waals surface area contributed by atoms with Crippen molar-refractivity contribution in [1.29, 1.82) is 0 Å². The molecule has 0 saturated carbocycles. The van der Waals surface area contributed by atoms with Crippen molar-refractivity contribution in [3.05, 3.63) is 72.2 Å². The molecule has 0 radical (unpaired) electrons. The Bertz CT molecular complexity index is 1080. The smallest absolute Gasteiger partial charge is 0.222 e. The van der Waals surface area contributed by atoms with Crippen molar-refractivity contribution in [2.75, 3.05) is 44.2 Å². The molecule has 2 aliphatic rings. The van der Waals surface area contributed by atoms with Gasteiger partial charge in [-0.25, -0.2) is 4.39 Å². The molecule has 1 N–H and O–H groups in total. The van der Waals surface area contributed by atoms with Crippen molar-refractivity contribution >= 4 is 11.6 Å². The minimum absolute atomic E-state index is 0.261. The highest BCUT2D eigenvalue weighted by molar-refractivity contribution is 5.77. The zero-order valence-corrected chi connectivity index (χ0v) is 19.3. The first-order valence-corrected chi connectivity index (χ1v) is 12.2. The zero-order valence-electron chi connectivity index (χ0n) is 19.3. The van der Waals surface area contributed by atoms with Crippen LogP contribution in [0.3, 0.4) is 0 Å². The van der Waals surface area contributed by atoms with E-state index in [1.807, 2.05) is 17.0 Å². The van der Waals surface area contributed by atoms with E-state index in [2.05, 4.69) is 39.6 Å². The number of para-hydroxylation sites is 1. The Labute approximate surface area is 199 Å². The van der Waals surface area contributed by atoms with Crippen LogP contribution in [0.2, 0.25) is 0 Å². The van der Waals surface area contributed by atoms with Gasteiger partial charge in [0.15, 0.2) is 5.76 Å². The number of carbonyl (C=O) groups is 1. The second kappa shape index (κ2) is 10.4. The number of anilines is 1. The van der Waals surface area contributed by atoms with E-state index in [0.29, 0.717) is 24.0 Å². The van der Waals surface area contributed by atoms with Gasteiger partial charge >= 0.3 is 0 Å². The molecule has 2 saturated heterocycles. The first-order chi connectivity index (χ1) is 16.7. The Morgan fingerprint density at radius 3 is 2.56 bits per heavy atom. The summed E-state index contributed by atoms with van der Waals surface area (Å²) >= 11 is 0. The summed E-state index contributed by atoms with van der Waals surface area (Å²) in [5, 5.41) is 7.73. The molecule has 178 valence electrons. The van der Waals surface area contributed by atoms with Crippen LogP contribution in [-0.4, -0.2) is 55.2 Å². The van der Waals surface area contributed by atoms with Crippen LogP contribution in [0.4, 0.5) is 10.1 Å². The third kappa shape index (κ3) is 5.30. The van der Waals surface area contributed by atoms with Crippen LogP contribution in [0.15, 0.2) is 65.2 Å². The second-order valence-corrected chi connectivity index (χ2v) is 9.31. The van der Waals surface area contributed by atoms with Crippen LogP contribution < -0.4 is 10.2 Å². The maximum atomic E-state index is 13.2. The van der Waals surface area contributed by atoms with Gasteiger partial charge in [-0.1, -0.05) is 23.4 Å². The molecule has 34 heavy (non-hydrogen) atoms. The molecule has 0 unspecified atom stereocenters. The van der Waals surface area contributed by atoms with Gasteiger partial charge in [0.05, 0.1) is 5.69 Å². The fourth-order valence-electron chi connectivity index (χ4n) is 5.12. The van der Waals surface area contributed by atoms with Crippen molar-refractivity contribution in [3.63, 3.8) is 0 Å². The van der Waals surface area contributed by atoms with Crippen molar-refractivity contribution < 1.29 is 13.7 Å². The number of rotatable bonds is 6. The quantitative estimate of drug-likeness (QED) is 0.600. The number of benzene rings is 2. The molecule has 3 heterocycles. The Morgan fingerprint density at radius 2 is 1.79 bits per heavy atom. The van der Waals surface area contributed by atoms with Gasteiger partial charge in [0.2, 0.25) is 5.91 Å². The fraction of sp³-hybridized carbons (Fsp3) is 0.407. The standard InChI is InChI=1S/C27H31FN4O2/c28-23-8-6-20(7-9-23)26-18-24(30-34-26)16-22-19-29-11-10-21(22)17-27(33)32-14-12-31(13-15-32)25-4-2-1-3-5-25/h1-9,18,21-22,29H,10-17,19H2/t21-,22-/m0/s1. The number of piperazine rings is 1. The lowest BCUT2D eigenvalue weighted by molar-refractivity contribution is -0.133. The summed E-state index contributed by atoms with van der Waals surface area (Å²) in [4.78, 5) is 17.5. The summed E-state index contributed by atoms with van der Waals surface area (Å²) in [7, 11) is 0. The van der Waals surface area contributed by atoms with E-state index < -0.39 is 0 Å². The predicted molar refractivity (Wildman–Crippen MR) is 130 cm³/mol.